The van der Waals surface area contributed by atoms with Gasteiger partial charge in [0, 0.05) is 59.1 Å². The molecule has 0 bridgehead atoms. The SMILES string of the molecule is CN(c1ccccc1Cl)c1ccccc1N(C)c1ccccc1NCc1ccccc1.CN1c2ccccc2N(C)c2ccccc2N(Cc2ccccc2)c2ccccc21.c1ccc2c(c1)Cc1ccccc1Nc1ccccc1N2. The Balaban J connectivity index is 0.000000131. The molecule has 3 N–H and O–H groups in total. The van der Waals surface area contributed by atoms with E-state index in [2.05, 4.69) is 310 Å². The van der Waals surface area contributed by atoms with Crippen LogP contribution in [0, 0.1) is 0 Å². The van der Waals surface area contributed by atoms with Gasteiger partial charge in [-0.2, -0.15) is 0 Å². The second-order valence-electron chi connectivity index (χ2n) is 20.4. The zero-order valence-corrected chi connectivity index (χ0v) is 47.5. The summed E-state index contributed by atoms with van der Waals surface area (Å²) in [6.45, 7) is 1.57. The molecule has 0 fully saturated rings. The van der Waals surface area contributed by atoms with Crippen molar-refractivity contribution in [2.24, 2.45) is 0 Å². The predicted molar refractivity (Wildman–Crippen MR) is 351 cm³/mol. The number of nitrogens with zero attached hydrogens (tertiary/aromatic N) is 5. The number of nitrogens with one attached hydrogen (secondary N) is 3. The minimum atomic E-state index is 0.729. The Hall–Kier alpha value is -9.89. The van der Waals surface area contributed by atoms with Gasteiger partial charge < -0.3 is 40.4 Å². The van der Waals surface area contributed by atoms with Crippen LogP contribution in [0.1, 0.15) is 22.3 Å². The van der Waals surface area contributed by atoms with Gasteiger partial charge in [-0.05, 0) is 119 Å². The summed E-state index contributed by atoms with van der Waals surface area (Å²) in [5.41, 5.74) is 22.2. The average Bonchev–Trinajstić information content (AvgIpc) is 3.73. The van der Waals surface area contributed by atoms with E-state index in [1.807, 2.05) is 37.4 Å². The number of benzene rings is 11. The molecule has 11 aromatic rings. The van der Waals surface area contributed by atoms with Crippen LogP contribution in [0.15, 0.2) is 279 Å². The molecule has 8 nitrogen and oxygen atoms in total. The second-order valence-corrected chi connectivity index (χ2v) is 20.8. The average molecular weight is 1090 g/mol. The van der Waals surface area contributed by atoms with Gasteiger partial charge in [0.25, 0.3) is 0 Å². The molecule has 2 aliphatic rings. The van der Waals surface area contributed by atoms with Crippen molar-refractivity contribution in [3.63, 3.8) is 0 Å². The van der Waals surface area contributed by atoms with E-state index in [4.69, 9.17) is 11.6 Å². The van der Waals surface area contributed by atoms with Crippen molar-refractivity contribution in [3.05, 3.63) is 306 Å². The minimum absolute atomic E-state index is 0.729. The van der Waals surface area contributed by atoms with Crippen molar-refractivity contribution in [3.8, 4) is 0 Å². The Morgan fingerprint density at radius 3 is 1.22 bits per heavy atom. The maximum atomic E-state index is 6.48. The minimum Gasteiger partial charge on any atom is -0.379 e. The Labute approximate surface area is 488 Å². The summed E-state index contributed by atoms with van der Waals surface area (Å²) in [5, 5.41) is 11.4. The number of hydrogen-bond donors (Lipinski definition) is 3. The van der Waals surface area contributed by atoms with E-state index in [1.165, 1.54) is 67.8 Å². The highest BCUT2D eigenvalue weighted by atomic mass is 35.5. The number of fused-ring (bicyclic) bond motifs is 6. The number of hydrogen-bond acceptors (Lipinski definition) is 8. The van der Waals surface area contributed by atoms with E-state index >= 15 is 0 Å². The zero-order chi connectivity index (χ0) is 56.2. The van der Waals surface area contributed by atoms with E-state index in [0.717, 1.165) is 64.3 Å². The van der Waals surface area contributed by atoms with Crippen molar-refractivity contribution in [2.75, 3.05) is 68.6 Å². The maximum Gasteiger partial charge on any atom is 0.0655 e. The molecule has 0 unspecified atom stereocenters. The molecule has 2 aliphatic heterocycles. The summed E-state index contributed by atoms with van der Waals surface area (Å²) in [7, 11) is 8.46. The predicted octanol–water partition coefficient (Wildman–Crippen LogP) is 19.4. The maximum absolute atomic E-state index is 6.48. The molecule has 0 atom stereocenters. The lowest BCUT2D eigenvalue weighted by Gasteiger charge is -2.31. The summed E-state index contributed by atoms with van der Waals surface area (Å²) in [6.07, 6.45) is 0.917. The summed E-state index contributed by atoms with van der Waals surface area (Å²) < 4.78 is 0. The fraction of sp³-hybridized carbons (Fsp3) is 0.0959. The van der Waals surface area contributed by atoms with E-state index in [-0.39, 0.29) is 0 Å². The van der Waals surface area contributed by atoms with Gasteiger partial charge in [0.1, 0.15) is 0 Å². The first-order valence-corrected chi connectivity index (χ1v) is 28.2. The van der Waals surface area contributed by atoms with Gasteiger partial charge in [0.15, 0.2) is 0 Å². The van der Waals surface area contributed by atoms with Crippen LogP contribution in [0.25, 0.3) is 0 Å². The normalized spacial score (nSPS) is 11.9. The van der Waals surface area contributed by atoms with Crippen LogP contribution in [0.2, 0.25) is 5.02 Å². The fourth-order valence-corrected chi connectivity index (χ4v) is 11.1. The Bertz CT molecular complexity index is 3660. The topological polar surface area (TPSA) is 52.3 Å². The molecule has 0 saturated heterocycles. The molecular formula is C73H67ClN8. The lowest BCUT2D eigenvalue weighted by atomic mass is 10.0. The third kappa shape index (κ3) is 12.1. The molecule has 0 spiro atoms. The molecular weight excluding hydrogens is 1020 g/mol. The van der Waals surface area contributed by atoms with Gasteiger partial charge in [-0.1, -0.05) is 194 Å². The Morgan fingerprint density at radius 1 is 0.366 bits per heavy atom. The van der Waals surface area contributed by atoms with Gasteiger partial charge in [-0.25, -0.2) is 0 Å². The number of halogens is 1. The van der Waals surface area contributed by atoms with Gasteiger partial charge in [0.05, 0.1) is 79.0 Å². The third-order valence-electron chi connectivity index (χ3n) is 15.1. The summed E-state index contributed by atoms with van der Waals surface area (Å²) in [5.74, 6) is 0. The van der Waals surface area contributed by atoms with Crippen LogP contribution < -0.4 is 40.4 Å². The second kappa shape index (κ2) is 25.5. The fourth-order valence-electron chi connectivity index (χ4n) is 10.8. The molecule has 0 saturated carbocycles. The molecule has 9 heteroatoms. The molecule has 0 radical (unpaired) electrons. The van der Waals surface area contributed by atoms with Crippen LogP contribution in [-0.2, 0) is 19.5 Å². The molecule has 11 aromatic carbocycles. The van der Waals surface area contributed by atoms with E-state index in [1.54, 1.807) is 0 Å². The lowest BCUT2D eigenvalue weighted by Crippen LogP contribution is -2.20. The first kappa shape index (κ1) is 54.1. The highest BCUT2D eigenvalue weighted by molar-refractivity contribution is 6.33. The summed E-state index contributed by atoms with van der Waals surface area (Å²) >= 11 is 6.48. The lowest BCUT2D eigenvalue weighted by molar-refractivity contribution is 0.969. The van der Waals surface area contributed by atoms with Gasteiger partial charge >= 0.3 is 0 Å². The largest absolute Gasteiger partial charge is 0.379 e. The van der Waals surface area contributed by atoms with Crippen molar-refractivity contribution in [2.45, 2.75) is 19.5 Å². The number of rotatable bonds is 9. The third-order valence-corrected chi connectivity index (χ3v) is 15.5. The van der Waals surface area contributed by atoms with Gasteiger partial charge in [-0.15, -0.1) is 0 Å². The monoisotopic (exact) mass is 1090 g/mol. The number of para-hydroxylation sites is 15. The Morgan fingerprint density at radius 2 is 0.720 bits per heavy atom. The highest BCUT2D eigenvalue weighted by Crippen LogP contribution is 2.48. The standard InChI is InChI=1S/C27H26ClN3.C27H25N3.C19H16N2/c1-30(24-16-8-6-14-22(24)28)26-18-10-11-19-27(26)31(2)25-17-9-7-15-23(25)29-20-21-12-4-3-5-13-21;1-28-22-14-6-7-15-23(22)29(2)25-17-9-11-19-27(25)30(20-21-12-4-3-5-13-21)26-18-10-8-16-24(26)28;1-3-9-16-14(7-1)13-15-8-2-4-10-17(15)21-19-12-6-5-11-18(19)20-16/h3-19,29H,20H2,1-2H3;3-19H,20H2,1-2H3;1-12,20-21H,13H2. The van der Waals surface area contributed by atoms with Gasteiger partial charge in [0.2, 0.25) is 0 Å². The molecule has 13 rings (SSSR count). The van der Waals surface area contributed by atoms with Crippen molar-refractivity contribution in [1.29, 1.82) is 0 Å². The molecule has 2 heterocycles. The van der Waals surface area contributed by atoms with E-state index < -0.39 is 0 Å². The first-order valence-electron chi connectivity index (χ1n) is 27.8. The highest BCUT2D eigenvalue weighted by Gasteiger charge is 2.26. The van der Waals surface area contributed by atoms with Crippen LogP contribution in [0.4, 0.5) is 85.3 Å². The van der Waals surface area contributed by atoms with Gasteiger partial charge in [-0.3, -0.25) is 0 Å². The smallest absolute Gasteiger partial charge is 0.0655 e. The molecule has 82 heavy (non-hydrogen) atoms. The van der Waals surface area contributed by atoms with E-state index in [0.29, 0.717) is 0 Å². The zero-order valence-electron chi connectivity index (χ0n) is 46.8. The molecule has 0 aromatic heterocycles. The van der Waals surface area contributed by atoms with Crippen molar-refractivity contribution >= 4 is 96.9 Å². The quantitative estimate of drug-likeness (QED) is 0.132. The first-order chi connectivity index (χ1) is 40.3. The van der Waals surface area contributed by atoms with Crippen LogP contribution in [-0.4, -0.2) is 28.2 Å². The van der Waals surface area contributed by atoms with Crippen LogP contribution in [0.3, 0.4) is 0 Å². The van der Waals surface area contributed by atoms with E-state index in [9.17, 15) is 0 Å². The summed E-state index contributed by atoms with van der Waals surface area (Å²) in [6, 6.07) is 97.1. The van der Waals surface area contributed by atoms with Crippen LogP contribution in [0.5, 0.6) is 0 Å². The van der Waals surface area contributed by atoms with Crippen molar-refractivity contribution < 1.29 is 0 Å². The Kier molecular flexibility index (Phi) is 16.8. The molecule has 0 aliphatic carbocycles. The number of anilines is 15. The van der Waals surface area contributed by atoms with Crippen molar-refractivity contribution in [1.82, 2.24) is 0 Å². The summed E-state index contributed by atoms with van der Waals surface area (Å²) in [4.78, 5) is 11.4. The molecule has 0 amide bonds. The molecule has 406 valence electrons. The van der Waals surface area contributed by atoms with Crippen LogP contribution >= 0.6 is 11.6 Å².